The van der Waals surface area contributed by atoms with Crippen molar-refractivity contribution >= 4 is 29.3 Å². The first-order chi connectivity index (χ1) is 11.0. The monoisotopic (exact) mass is 351 g/mol. The van der Waals surface area contributed by atoms with Gasteiger partial charge in [0.1, 0.15) is 10.3 Å². The molecule has 2 heterocycles. The minimum Gasteiger partial charge on any atom is -0.344 e. The quantitative estimate of drug-likeness (QED) is 0.592. The molecule has 0 radical (unpaired) electrons. The normalized spacial score (nSPS) is 14.0. The number of benzene rings is 1. The summed E-state index contributed by atoms with van der Waals surface area (Å²) in [6, 6.07) is 6.66. The fraction of sp³-hybridized carbons (Fsp3) is 0.368. The van der Waals surface area contributed by atoms with Gasteiger partial charge in [-0.05, 0) is 66.6 Å². The van der Waals surface area contributed by atoms with E-state index in [-0.39, 0.29) is 10.3 Å². The number of nitrogens with zero attached hydrogens (tertiary/aromatic N) is 1. The van der Waals surface area contributed by atoms with Crippen LogP contribution in [0.1, 0.15) is 49.4 Å². The predicted molar refractivity (Wildman–Crippen MR) is 96.5 cm³/mol. The van der Waals surface area contributed by atoms with E-state index >= 15 is 0 Å². The highest BCUT2D eigenvalue weighted by Gasteiger charge is 2.26. The molecule has 0 spiro atoms. The van der Waals surface area contributed by atoms with Crippen molar-refractivity contribution in [1.29, 1.82) is 0 Å². The molecule has 4 heteroatoms. The minimum absolute atomic E-state index is 0.226. The third-order valence-electron chi connectivity index (χ3n) is 4.45. The predicted octanol–water partition coefficient (Wildman–Crippen LogP) is 6.53. The summed E-state index contributed by atoms with van der Waals surface area (Å²) in [5.41, 5.74) is 5.85. The Morgan fingerprint density at radius 1 is 1.17 bits per heavy atom. The van der Waals surface area contributed by atoms with Gasteiger partial charge in [-0.25, -0.2) is 4.39 Å². The molecule has 1 nitrogen and oxygen atoms in total. The van der Waals surface area contributed by atoms with Crippen molar-refractivity contribution in [2.45, 2.75) is 45.6 Å². The van der Waals surface area contributed by atoms with Crippen LogP contribution in [0.5, 0.6) is 0 Å². The van der Waals surface area contributed by atoms with Crippen molar-refractivity contribution < 1.29 is 4.39 Å². The summed E-state index contributed by atoms with van der Waals surface area (Å²) in [6.07, 6.45) is 5.26. The van der Waals surface area contributed by atoms with Crippen molar-refractivity contribution in [3.05, 3.63) is 51.4 Å². The Morgan fingerprint density at radius 3 is 2.48 bits per heavy atom. The zero-order valence-electron chi connectivity index (χ0n) is 13.4. The number of rotatable bonds is 3. The van der Waals surface area contributed by atoms with Crippen LogP contribution in [-0.4, -0.2) is 4.57 Å². The molecule has 0 amide bonds. The fourth-order valence-corrected chi connectivity index (χ4v) is 3.82. The molecule has 0 aliphatic carbocycles. The van der Waals surface area contributed by atoms with Gasteiger partial charge < -0.3 is 4.57 Å². The van der Waals surface area contributed by atoms with Crippen molar-refractivity contribution in [1.82, 2.24) is 4.57 Å². The van der Waals surface area contributed by atoms with E-state index in [1.807, 2.05) is 18.2 Å². The van der Waals surface area contributed by atoms with Crippen LogP contribution >= 0.6 is 23.2 Å². The molecule has 2 aromatic rings. The molecule has 1 aromatic carbocycles. The second kappa shape index (κ2) is 6.70. The maximum Gasteiger partial charge on any atom is 0.123 e. The van der Waals surface area contributed by atoms with E-state index in [0.717, 1.165) is 36.2 Å². The fourth-order valence-electron chi connectivity index (χ4n) is 3.61. The number of halogens is 3. The topological polar surface area (TPSA) is 4.93 Å². The van der Waals surface area contributed by atoms with Gasteiger partial charge in [0.05, 0.1) is 5.69 Å². The molecule has 0 saturated heterocycles. The summed E-state index contributed by atoms with van der Waals surface area (Å²) in [5, 5.41) is 0. The molecule has 3 rings (SSSR count). The molecule has 0 bridgehead atoms. The van der Waals surface area contributed by atoms with E-state index in [0.29, 0.717) is 5.92 Å². The van der Waals surface area contributed by atoms with Gasteiger partial charge in [-0.2, -0.15) is 0 Å². The average molecular weight is 352 g/mol. The standard InChI is InChI=1S/C19H20Cl2FN/c1-12(2)18-15(11-17(20)21)19(13-6-8-14(22)9-7-13)23-10-4-3-5-16(18)23/h6-9,11-12H,3-5,10H2,1-2H3. The molecule has 0 fully saturated rings. The van der Waals surface area contributed by atoms with E-state index in [9.17, 15) is 4.39 Å². The molecular weight excluding hydrogens is 332 g/mol. The first-order valence-corrected chi connectivity index (χ1v) is 8.78. The molecule has 0 unspecified atom stereocenters. The van der Waals surface area contributed by atoms with Gasteiger partial charge in [0.2, 0.25) is 0 Å². The number of aromatic nitrogens is 1. The number of hydrogen-bond donors (Lipinski definition) is 0. The van der Waals surface area contributed by atoms with Gasteiger partial charge in [-0.3, -0.25) is 0 Å². The largest absolute Gasteiger partial charge is 0.344 e. The van der Waals surface area contributed by atoms with E-state index in [1.165, 1.54) is 29.8 Å². The van der Waals surface area contributed by atoms with E-state index in [2.05, 4.69) is 18.4 Å². The Hall–Kier alpha value is -1.25. The third-order valence-corrected chi connectivity index (χ3v) is 4.66. The highest BCUT2D eigenvalue weighted by atomic mass is 35.5. The molecule has 0 saturated carbocycles. The van der Waals surface area contributed by atoms with Crippen LogP contribution in [0.2, 0.25) is 0 Å². The summed E-state index contributed by atoms with van der Waals surface area (Å²) in [7, 11) is 0. The smallest absolute Gasteiger partial charge is 0.123 e. The van der Waals surface area contributed by atoms with Crippen LogP contribution in [0.25, 0.3) is 17.3 Å². The zero-order valence-corrected chi connectivity index (χ0v) is 14.9. The summed E-state index contributed by atoms with van der Waals surface area (Å²) in [6.45, 7) is 5.37. The van der Waals surface area contributed by atoms with Crippen LogP contribution in [0.15, 0.2) is 28.8 Å². The minimum atomic E-state index is -0.226. The van der Waals surface area contributed by atoms with Gasteiger partial charge in [-0.1, -0.05) is 37.0 Å². The second-order valence-electron chi connectivity index (χ2n) is 6.33. The molecular formula is C19H20Cl2FN. The maximum absolute atomic E-state index is 13.3. The summed E-state index contributed by atoms with van der Waals surface area (Å²) in [4.78, 5) is 0. The van der Waals surface area contributed by atoms with Gasteiger partial charge in [-0.15, -0.1) is 0 Å². The summed E-state index contributed by atoms with van der Waals surface area (Å²) >= 11 is 12.0. The van der Waals surface area contributed by atoms with Crippen LogP contribution in [0.4, 0.5) is 4.39 Å². The second-order valence-corrected chi connectivity index (χ2v) is 7.33. The lowest BCUT2D eigenvalue weighted by molar-refractivity contribution is 0.531. The highest BCUT2D eigenvalue weighted by Crippen LogP contribution is 2.40. The van der Waals surface area contributed by atoms with Crippen LogP contribution in [-0.2, 0) is 13.0 Å². The molecule has 1 aromatic heterocycles. The lowest BCUT2D eigenvalue weighted by Gasteiger charge is -2.20. The van der Waals surface area contributed by atoms with Gasteiger partial charge >= 0.3 is 0 Å². The lowest BCUT2D eigenvalue weighted by Crippen LogP contribution is -2.12. The molecule has 1 aliphatic rings. The maximum atomic E-state index is 13.3. The van der Waals surface area contributed by atoms with E-state index < -0.39 is 0 Å². The summed E-state index contributed by atoms with van der Waals surface area (Å²) in [5.74, 6) is 0.151. The van der Waals surface area contributed by atoms with Crippen molar-refractivity contribution in [2.24, 2.45) is 0 Å². The van der Waals surface area contributed by atoms with Crippen molar-refractivity contribution in [3.63, 3.8) is 0 Å². The third kappa shape index (κ3) is 3.20. The molecule has 0 atom stereocenters. The summed E-state index contributed by atoms with van der Waals surface area (Å²) < 4.78 is 15.9. The van der Waals surface area contributed by atoms with Crippen molar-refractivity contribution in [3.8, 4) is 11.3 Å². The Bertz CT molecular complexity index is 738. The molecule has 122 valence electrons. The van der Waals surface area contributed by atoms with E-state index in [4.69, 9.17) is 23.2 Å². The van der Waals surface area contributed by atoms with Crippen molar-refractivity contribution in [2.75, 3.05) is 0 Å². The van der Waals surface area contributed by atoms with Gasteiger partial charge in [0.15, 0.2) is 0 Å². The molecule has 23 heavy (non-hydrogen) atoms. The lowest BCUT2D eigenvalue weighted by atomic mass is 9.94. The SMILES string of the molecule is CC(C)c1c(C=C(Cl)Cl)c(-c2ccc(F)cc2)n2c1CCCC2. The first-order valence-electron chi connectivity index (χ1n) is 8.03. The number of hydrogen-bond acceptors (Lipinski definition) is 0. The van der Waals surface area contributed by atoms with Gasteiger partial charge in [0.25, 0.3) is 0 Å². The molecule has 0 N–H and O–H groups in total. The Morgan fingerprint density at radius 2 is 1.87 bits per heavy atom. The van der Waals surface area contributed by atoms with Crippen LogP contribution in [0, 0.1) is 5.82 Å². The van der Waals surface area contributed by atoms with Crippen LogP contribution < -0.4 is 0 Å². The van der Waals surface area contributed by atoms with Gasteiger partial charge in [0, 0.05) is 17.8 Å². The van der Waals surface area contributed by atoms with E-state index in [1.54, 1.807) is 0 Å². The Labute approximate surface area is 146 Å². The van der Waals surface area contributed by atoms with Crippen LogP contribution in [0.3, 0.4) is 0 Å². The Balaban J connectivity index is 2.32. The number of fused-ring (bicyclic) bond motifs is 1. The zero-order chi connectivity index (χ0) is 16.6. The average Bonchev–Trinajstić information content (AvgIpc) is 2.81. The Kier molecular flexibility index (Phi) is 4.84. The molecule has 1 aliphatic heterocycles. The first kappa shape index (κ1) is 16.6. The highest BCUT2D eigenvalue weighted by molar-refractivity contribution is 6.57.